The van der Waals surface area contributed by atoms with Gasteiger partial charge < -0.3 is 14.6 Å². The number of aryl methyl sites for hydroxylation is 1. The lowest BCUT2D eigenvalue weighted by atomic mass is 10.3. The van der Waals surface area contributed by atoms with Crippen LogP contribution in [0.2, 0.25) is 0 Å². The molecule has 0 unspecified atom stereocenters. The third-order valence-electron chi connectivity index (χ3n) is 2.77. The van der Waals surface area contributed by atoms with Gasteiger partial charge in [-0.25, -0.2) is 13.2 Å². The van der Waals surface area contributed by atoms with Crippen molar-refractivity contribution in [1.29, 1.82) is 0 Å². The van der Waals surface area contributed by atoms with E-state index in [1.54, 1.807) is 31.2 Å². The fourth-order valence-corrected chi connectivity index (χ4v) is 2.31. The average Bonchev–Trinajstić information content (AvgIpc) is 2.87. The molecule has 0 fully saturated rings. The van der Waals surface area contributed by atoms with Gasteiger partial charge in [-0.05, 0) is 19.1 Å². The first-order valence-corrected chi connectivity index (χ1v) is 8.89. The third kappa shape index (κ3) is 5.80. The molecule has 2 rings (SSSR count). The number of urea groups is 1. The highest BCUT2D eigenvalue weighted by atomic mass is 32.2. The van der Waals surface area contributed by atoms with Gasteiger partial charge in [-0.15, -0.1) is 0 Å². The summed E-state index contributed by atoms with van der Waals surface area (Å²) in [6.45, 7) is 2.23. The Bertz CT molecular complexity index is 803. The van der Waals surface area contributed by atoms with Gasteiger partial charge in [0.1, 0.15) is 18.6 Å². The van der Waals surface area contributed by atoms with Gasteiger partial charge in [0.2, 0.25) is 10.0 Å². The van der Waals surface area contributed by atoms with Crippen LogP contribution in [0.1, 0.15) is 5.56 Å². The number of sulfonamides is 1. The van der Waals surface area contributed by atoms with Crippen molar-refractivity contribution in [3.8, 4) is 5.75 Å². The van der Waals surface area contributed by atoms with Gasteiger partial charge >= 0.3 is 6.03 Å². The van der Waals surface area contributed by atoms with Crippen LogP contribution in [0.4, 0.5) is 16.3 Å². The summed E-state index contributed by atoms with van der Waals surface area (Å²) >= 11 is 0. The first-order valence-electron chi connectivity index (χ1n) is 7.00. The van der Waals surface area contributed by atoms with E-state index in [1.165, 1.54) is 6.26 Å². The molecule has 2 aromatic rings. The largest absolute Gasteiger partial charge is 0.492 e. The van der Waals surface area contributed by atoms with Crippen LogP contribution < -0.4 is 20.1 Å². The molecule has 0 aliphatic heterocycles. The number of hydrogen-bond donors (Lipinski definition) is 3. The maximum absolute atomic E-state index is 11.6. The number of ether oxygens (including phenoxy) is 1. The maximum Gasteiger partial charge on any atom is 0.320 e. The Morgan fingerprint density at radius 1 is 1.38 bits per heavy atom. The molecule has 0 radical (unpaired) electrons. The second-order valence-electron chi connectivity index (χ2n) is 4.98. The molecular formula is C14H18N4O5S. The van der Waals surface area contributed by atoms with Crippen LogP contribution in [0.15, 0.2) is 35.1 Å². The Hall–Kier alpha value is -2.75. The van der Waals surface area contributed by atoms with Gasteiger partial charge in [0, 0.05) is 11.6 Å². The molecule has 0 saturated carbocycles. The van der Waals surface area contributed by atoms with Crippen molar-refractivity contribution in [1.82, 2.24) is 10.5 Å². The Morgan fingerprint density at radius 2 is 2.17 bits per heavy atom. The molecule has 1 aromatic carbocycles. The van der Waals surface area contributed by atoms with Crippen LogP contribution in [0.25, 0.3) is 0 Å². The predicted octanol–water partition coefficient (Wildman–Crippen LogP) is 1.56. The number of benzene rings is 1. The maximum atomic E-state index is 11.6. The van der Waals surface area contributed by atoms with E-state index in [9.17, 15) is 13.2 Å². The van der Waals surface area contributed by atoms with E-state index >= 15 is 0 Å². The summed E-state index contributed by atoms with van der Waals surface area (Å²) in [5, 5.41) is 8.78. The molecule has 0 bridgehead atoms. The summed E-state index contributed by atoms with van der Waals surface area (Å²) in [6, 6.07) is 6.09. The number of nitrogens with zero attached hydrogens (tertiary/aromatic N) is 1. The van der Waals surface area contributed by atoms with Crippen molar-refractivity contribution in [3.05, 3.63) is 36.1 Å². The highest BCUT2D eigenvalue weighted by Gasteiger charge is 2.07. The summed E-state index contributed by atoms with van der Waals surface area (Å²) < 4.78 is 34.9. The summed E-state index contributed by atoms with van der Waals surface area (Å²) in [7, 11) is -3.34. The summed E-state index contributed by atoms with van der Waals surface area (Å²) in [5.41, 5.74) is 1.12. The molecule has 3 N–H and O–H groups in total. The topological polar surface area (TPSA) is 123 Å². The predicted molar refractivity (Wildman–Crippen MR) is 88.7 cm³/mol. The number of hydrogen-bond acceptors (Lipinski definition) is 6. The normalized spacial score (nSPS) is 10.9. The van der Waals surface area contributed by atoms with E-state index < -0.39 is 16.1 Å². The van der Waals surface area contributed by atoms with Crippen LogP contribution in [-0.2, 0) is 10.0 Å². The lowest BCUT2D eigenvalue weighted by Gasteiger charge is -2.10. The van der Waals surface area contributed by atoms with E-state index in [-0.39, 0.29) is 13.2 Å². The Labute approximate surface area is 139 Å². The lowest BCUT2D eigenvalue weighted by Crippen LogP contribution is -2.32. The second kappa shape index (κ2) is 7.68. The summed E-state index contributed by atoms with van der Waals surface area (Å²) in [4.78, 5) is 11.6. The third-order valence-corrected chi connectivity index (χ3v) is 3.38. The Balaban J connectivity index is 1.75. The fraction of sp³-hybridized carbons (Fsp3) is 0.286. The fourth-order valence-electron chi connectivity index (χ4n) is 1.76. The molecule has 24 heavy (non-hydrogen) atoms. The molecule has 0 saturated heterocycles. The molecule has 9 nitrogen and oxygen atoms in total. The molecule has 0 spiro atoms. The number of anilines is 2. The van der Waals surface area contributed by atoms with Crippen molar-refractivity contribution in [2.75, 3.05) is 29.4 Å². The van der Waals surface area contributed by atoms with Crippen molar-refractivity contribution in [2.45, 2.75) is 6.92 Å². The standard InChI is InChI=1S/C14H18N4O5S/c1-10-9-23-17-13(10)16-14(19)15-6-7-22-12-5-3-4-11(8-12)18-24(2,20)21/h3-5,8-9,18H,6-7H2,1-2H3,(H2,15,16,17,19). The molecule has 1 aromatic heterocycles. The van der Waals surface area contributed by atoms with Gasteiger partial charge in [0.05, 0.1) is 18.5 Å². The van der Waals surface area contributed by atoms with E-state index in [2.05, 4.69) is 20.5 Å². The van der Waals surface area contributed by atoms with Crippen molar-refractivity contribution in [3.63, 3.8) is 0 Å². The van der Waals surface area contributed by atoms with Gasteiger partial charge in [-0.2, -0.15) is 0 Å². The van der Waals surface area contributed by atoms with Crippen LogP contribution >= 0.6 is 0 Å². The number of aromatic nitrogens is 1. The number of carbonyl (C=O) groups is 1. The molecule has 10 heteroatoms. The summed E-state index contributed by atoms with van der Waals surface area (Å²) in [5.74, 6) is 0.839. The van der Waals surface area contributed by atoms with Crippen molar-refractivity contribution >= 4 is 27.6 Å². The minimum Gasteiger partial charge on any atom is -0.492 e. The highest BCUT2D eigenvalue weighted by Crippen LogP contribution is 2.17. The van der Waals surface area contributed by atoms with E-state index in [1.807, 2.05) is 0 Å². The van der Waals surface area contributed by atoms with Gasteiger partial charge in [-0.3, -0.25) is 10.0 Å². The first kappa shape index (κ1) is 17.6. The second-order valence-corrected chi connectivity index (χ2v) is 6.73. The quantitative estimate of drug-likeness (QED) is 0.649. The minimum atomic E-state index is -3.34. The minimum absolute atomic E-state index is 0.216. The number of amides is 2. The smallest absolute Gasteiger partial charge is 0.320 e. The van der Waals surface area contributed by atoms with Crippen LogP contribution in [0.5, 0.6) is 5.75 Å². The van der Waals surface area contributed by atoms with Gasteiger partial charge in [-0.1, -0.05) is 11.2 Å². The van der Waals surface area contributed by atoms with E-state index in [0.29, 0.717) is 17.3 Å². The zero-order valence-electron chi connectivity index (χ0n) is 13.2. The number of carbonyl (C=O) groups excluding carboxylic acids is 1. The average molecular weight is 354 g/mol. The van der Waals surface area contributed by atoms with Gasteiger partial charge in [0.15, 0.2) is 5.82 Å². The van der Waals surface area contributed by atoms with Crippen LogP contribution in [0.3, 0.4) is 0 Å². The summed E-state index contributed by atoms with van der Waals surface area (Å²) in [6.07, 6.45) is 2.50. The molecule has 0 atom stereocenters. The molecule has 1 heterocycles. The zero-order valence-corrected chi connectivity index (χ0v) is 14.0. The molecule has 0 aliphatic carbocycles. The van der Waals surface area contributed by atoms with Gasteiger partial charge in [0.25, 0.3) is 0 Å². The SMILES string of the molecule is Cc1conc1NC(=O)NCCOc1cccc(NS(C)(=O)=O)c1. The number of nitrogens with one attached hydrogen (secondary N) is 3. The molecule has 2 amide bonds. The Morgan fingerprint density at radius 3 is 2.83 bits per heavy atom. The zero-order chi connectivity index (χ0) is 17.6. The molecular weight excluding hydrogens is 336 g/mol. The van der Waals surface area contributed by atoms with Crippen molar-refractivity contribution < 1.29 is 22.5 Å². The molecule has 130 valence electrons. The molecule has 0 aliphatic rings. The first-order chi connectivity index (χ1) is 11.3. The van der Waals surface area contributed by atoms with E-state index in [0.717, 1.165) is 11.8 Å². The number of rotatable bonds is 7. The van der Waals surface area contributed by atoms with Crippen LogP contribution in [-0.4, -0.2) is 39.0 Å². The monoisotopic (exact) mass is 354 g/mol. The Kier molecular flexibility index (Phi) is 5.64. The van der Waals surface area contributed by atoms with Crippen LogP contribution in [0, 0.1) is 6.92 Å². The highest BCUT2D eigenvalue weighted by molar-refractivity contribution is 7.92. The van der Waals surface area contributed by atoms with Crippen molar-refractivity contribution in [2.24, 2.45) is 0 Å². The lowest BCUT2D eigenvalue weighted by molar-refractivity contribution is 0.247. The van der Waals surface area contributed by atoms with E-state index in [4.69, 9.17) is 9.26 Å².